The van der Waals surface area contributed by atoms with Gasteiger partial charge in [-0.3, -0.25) is 4.98 Å². The fraction of sp³-hybridized carbons (Fsp3) is 0.318. The van der Waals surface area contributed by atoms with Gasteiger partial charge in [0.25, 0.3) is 0 Å². The van der Waals surface area contributed by atoms with Gasteiger partial charge < -0.3 is 10.6 Å². The van der Waals surface area contributed by atoms with Crippen LogP contribution in [0.4, 0.5) is 11.6 Å². The van der Waals surface area contributed by atoms with E-state index in [-0.39, 0.29) is 0 Å². The SMILES string of the molecule is Clc1cnc(NC2CCCCC2)cc1-c1cccc(NCc2cccnc2)n1. The Morgan fingerprint density at radius 3 is 2.71 bits per heavy atom. The van der Waals surface area contributed by atoms with Crippen LogP contribution in [0.2, 0.25) is 5.02 Å². The van der Waals surface area contributed by atoms with Gasteiger partial charge in [0.15, 0.2) is 0 Å². The van der Waals surface area contributed by atoms with Gasteiger partial charge in [0.1, 0.15) is 11.6 Å². The van der Waals surface area contributed by atoms with Crippen molar-refractivity contribution >= 4 is 23.2 Å². The second-order valence-corrected chi connectivity index (χ2v) is 7.56. The molecule has 0 aromatic carbocycles. The third-order valence-corrected chi connectivity index (χ3v) is 5.34. The predicted octanol–water partition coefficient (Wildman–Crippen LogP) is 5.55. The Morgan fingerprint density at radius 2 is 1.89 bits per heavy atom. The second-order valence-electron chi connectivity index (χ2n) is 7.15. The topological polar surface area (TPSA) is 62.7 Å². The van der Waals surface area contributed by atoms with Crippen LogP contribution in [0.25, 0.3) is 11.3 Å². The van der Waals surface area contributed by atoms with E-state index in [4.69, 9.17) is 16.6 Å². The minimum absolute atomic E-state index is 0.496. The molecule has 1 saturated carbocycles. The van der Waals surface area contributed by atoms with Gasteiger partial charge in [-0.2, -0.15) is 0 Å². The molecule has 0 radical (unpaired) electrons. The van der Waals surface area contributed by atoms with E-state index in [1.54, 1.807) is 12.4 Å². The lowest BCUT2D eigenvalue weighted by Gasteiger charge is -2.23. The van der Waals surface area contributed by atoms with Crippen LogP contribution in [-0.4, -0.2) is 21.0 Å². The van der Waals surface area contributed by atoms with Gasteiger partial charge in [-0.15, -0.1) is 0 Å². The summed E-state index contributed by atoms with van der Waals surface area (Å²) in [5.41, 5.74) is 2.82. The first-order chi connectivity index (χ1) is 13.8. The molecule has 4 rings (SSSR count). The summed E-state index contributed by atoms with van der Waals surface area (Å²) in [6.07, 6.45) is 11.6. The molecule has 0 saturated heterocycles. The molecule has 1 aliphatic rings. The van der Waals surface area contributed by atoms with E-state index < -0.39 is 0 Å². The average Bonchev–Trinajstić information content (AvgIpc) is 2.75. The maximum absolute atomic E-state index is 6.44. The van der Waals surface area contributed by atoms with Crippen LogP contribution in [0.15, 0.2) is 55.0 Å². The van der Waals surface area contributed by atoms with Crippen LogP contribution in [0.5, 0.6) is 0 Å². The molecule has 0 bridgehead atoms. The van der Waals surface area contributed by atoms with Crippen LogP contribution in [-0.2, 0) is 6.54 Å². The monoisotopic (exact) mass is 393 g/mol. The summed E-state index contributed by atoms with van der Waals surface area (Å²) >= 11 is 6.44. The van der Waals surface area contributed by atoms with Crippen LogP contribution < -0.4 is 10.6 Å². The number of rotatable bonds is 6. The van der Waals surface area contributed by atoms with Gasteiger partial charge >= 0.3 is 0 Å². The molecule has 1 aliphatic carbocycles. The van der Waals surface area contributed by atoms with Crippen molar-refractivity contribution < 1.29 is 0 Å². The second kappa shape index (κ2) is 9.02. The van der Waals surface area contributed by atoms with Gasteiger partial charge in [0.05, 0.1) is 10.7 Å². The van der Waals surface area contributed by atoms with Gasteiger partial charge in [0.2, 0.25) is 0 Å². The van der Waals surface area contributed by atoms with E-state index in [9.17, 15) is 0 Å². The number of aromatic nitrogens is 3. The fourth-order valence-corrected chi connectivity index (χ4v) is 3.75. The van der Waals surface area contributed by atoms with Crippen LogP contribution in [0.3, 0.4) is 0 Å². The van der Waals surface area contributed by atoms with Crippen molar-refractivity contribution in [3.63, 3.8) is 0 Å². The van der Waals surface area contributed by atoms with Gasteiger partial charge in [0, 0.05) is 36.7 Å². The number of pyridine rings is 3. The highest BCUT2D eigenvalue weighted by molar-refractivity contribution is 6.33. The molecule has 2 N–H and O–H groups in total. The van der Waals surface area contributed by atoms with E-state index in [1.807, 2.05) is 42.6 Å². The number of anilines is 2. The van der Waals surface area contributed by atoms with E-state index in [0.29, 0.717) is 17.6 Å². The molecule has 0 atom stereocenters. The lowest BCUT2D eigenvalue weighted by atomic mass is 9.95. The molecule has 3 heterocycles. The lowest BCUT2D eigenvalue weighted by Crippen LogP contribution is -2.22. The molecule has 0 spiro atoms. The Hall–Kier alpha value is -2.66. The highest BCUT2D eigenvalue weighted by atomic mass is 35.5. The first kappa shape index (κ1) is 18.7. The molecule has 144 valence electrons. The number of nitrogens with zero attached hydrogens (tertiary/aromatic N) is 3. The number of hydrogen-bond acceptors (Lipinski definition) is 5. The highest BCUT2D eigenvalue weighted by Gasteiger charge is 2.15. The number of nitrogens with one attached hydrogen (secondary N) is 2. The molecular formula is C22H24ClN5. The zero-order valence-corrected chi connectivity index (χ0v) is 16.5. The summed E-state index contributed by atoms with van der Waals surface area (Å²) in [5.74, 6) is 1.66. The van der Waals surface area contributed by atoms with Crippen molar-refractivity contribution in [2.75, 3.05) is 10.6 Å². The highest BCUT2D eigenvalue weighted by Crippen LogP contribution is 2.30. The molecule has 28 heavy (non-hydrogen) atoms. The Kier molecular flexibility index (Phi) is 6.02. The zero-order valence-electron chi connectivity index (χ0n) is 15.7. The quantitative estimate of drug-likeness (QED) is 0.575. The molecule has 3 aromatic rings. The Morgan fingerprint density at radius 1 is 1.00 bits per heavy atom. The Balaban J connectivity index is 1.50. The molecule has 6 heteroatoms. The third kappa shape index (κ3) is 4.78. The molecule has 5 nitrogen and oxygen atoms in total. The van der Waals surface area contributed by atoms with Crippen molar-refractivity contribution in [2.24, 2.45) is 0 Å². The van der Waals surface area contributed by atoms with Gasteiger partial charge in [-0.25, -0.2) is 9.97 Å². The summed E-state index contributed by atoms with van der Waals surface area (Å²) < 4.78 is 0. The molecule has 0 amide bonds. The van der Waals surface area contributed by atoms with E-state index in [2.05, 4.69) is 20.6 Å². The maximum Gasteiger partial charge on any atom is 0.126 e. The Labute approximate surface area is 170 Å². The fourth-order valence-electron chi connectivity index (χ4n) is 3.55. The summed E-state index contributed by atoms with van der Waals surface area (Å²) in [6.45, 7) is 0.670. The van der Waals surface area contributed by atoms with E-state index in [0.717, 1.165) is 28.5 Å². The van der Waals surface area contributed by atoms with Gasteiger partial charge in [-0.05, 0) is 42.7 Å². The zero-order chi connectivity index (χ0) is 19.2. The van der Waals surface area contributed by atoms with E-state index >= 15 is 0 Å². The summed E-state index contributed by atoms with van der Waals surface area (Å²) in [6, 6.07) is 12.4. The Bertz CT molecular complexity index is 910. The molecule has 0 unspecified atom stereocenters. The van der Waals surface area contributed by atoms with Crippen molar-refractivity contribution in [1.29, 1.82) is 0 Å². The standard InChI is InChI=1S/C22H24ClN5/c23-19-15-26-22(27-17-7-2-1-3-8-17)12-18(19)20-9-4-10-21(28-20)25-14-16-6-5-11-24-13-16/h4-6,9-13,15,17H,1-3,7-8,14H2,(H,25,28)(H,26,27). The number of hydrogen-bond donors (Lipinski definition) is 2. The third-order valence-electron chi connectivity index (χ3n) is 5.03. The first-order valence-electron chi connectivity index (χ1n) is 9.80. The lowest BCUT2D eigenvalue weighted by molar-refractivity contribution is 0.462. The van der Waals surface area contributed by atoms with Crippen molar-refractivity contribution in [3.8, 4) is 11.3 Å². The van der Waals surface area contributed by atoms with Crippen molar-refractivity contribution in [1.82, 2.24) is 15.0 Å². The minimum atomic E-state index is 0.496. The van der Waals surface area contributed by atoms with Crippen molar-refractivity contribution in [3.05, 3.63) is 65.6 Å². The van der Waals surface area contributed by atoms with E-state index in [1.165, 1.54) is 32.1 Å². The summed E-state index contributed by atoms with van der Waals surface area (Å²) in [7, 11) is 0. The average molecular weight is 394 g/mol. The normalized spacial score (nSPS) is 14.6. The minimum Gasteiger partial charge on any atom is -0.367 e. The first-order valence-corrected chi connectivity index (χ1v) is 10.2. The maximum atomic E-state index is 6.44. The predicted molar refractivity (Wildman–Crippen MR) is 115 cm³/mol. The smallest absolute Gasteiger partial charge is 0.126 e. The molecule has 3 aromatic heterocycles. The van der Waals surface area contributed by atoms with Crippen LogP contribution in [0.1, 0.15) is 37.7 Å². The number of halogens is 1. The van der Waals surface area contributed by atoms with Crippen molar-refractivity contribution in [2.45, 2.75) is 44.7 Å². The molecule has 1 fully saturated rings. The molecule has 0 aliphatic heterocycles. The van der Waals surface area contributed by atoms with Gasteiger partial charge in [-0.1, -0.05) is 43.0 Å². The summed E-state index contributed by atoms with van der Waals surface area (Å²) in [4.78, 5) is 13.3. The largest absolute Gasteiger partial charge is 0.367 e. The molecular weight excluding hydrogens is 370 g/mol. The van der Waals surface area contributed by atoms with Crippen LogP contribution in [0, 0.1) is 0 Å². The summed E-state index contributed by atoms with van der Waals surface area (Å²) in [5, 5.41) is 7.51. The van der Waals surface area contributed by atoms with Crippen LogP contribution >= 0.6 is 11.6 Å².